The first-order valence-electron chi connectivity index (χ1n) is 10.4. The molecule has 2 heterocycles. The van der Waals surface area contributed by atoms with Crippen molar-refractivity contribution in [1.29, 1.82) is 0 Å². The molecule has 1 aromatic rings. The summed E-state index contributed by atoms with van der Waals surface area (Å²) in [5, 5.41) is 12.2. The summed E-state index contributed by atoms with van der Waals surface area (Å²) in [6.07, 6.45) is 5.78. The lowest BCUT2D eigenvalue weighted by atomic mass is 9.82. The van der Waals surface area contributed by atoms with Gasteiger partial charge in [-0.3, -0.25) is 19.3 Å². The number of nitrogens with zero attached hydrogens (tertiary/aromatic N) is 2. The van der Waals surface area contributed by atoms with E-state index in [1.165, 1.54) is 12.0 Å². The molecule has 3 aliphatic rings. The van der Waals surface area contributed by atoms with Gasteiger partial charge in [-0.1, -0.05) is 12.2 Å². The number of anilines is 1. The fourth-order valence-electron chi connectivity index (χ4n) is 4.59. The summed E-state index contributed by atoms with van der Waals surface area (Å²) in [7, 11) is 1.49. The predicted octanol–water partition coefficient (Wildman–Crippen LogP) is 2.23. The van der Waals surface area contributed by atoms with Gasteiger partial charge in [0.05, 0.1) is 25.5 Å². The highest BCUT2D eigenvalue weighted by Gasteiger charge is 2.47. The average Bonchev–Trinajstić information content (AvgIpc) is 3.33. The smallest absolute Gasteiger partial charge is 0.327 e. The minimum absolute atomic E-state index is 0.0431. The third-order valence-electron chi connectivity index (χ3n) is 6.24. The summed E-state index contributed by atoms with van der Waals surface area (Å²) in [6.45, 7) is 0.626. The molecule has 2 saturated heterocycles. The minimum Gasteiger partial charge on any atom is -0.496 e. The summed E-state index contributed by atoms with van der Waals surface area (Å²) < 4.78 is 5.38. The van der Waals surface area contributed by atoms with Crippen LogP contribution in [-0.2, 0) is 20.9 Å². The number of rotatable bonds is 6. The number of hydrogen-bond acceptors (Lipinski definition) is 5. The van der Waals surface area contributed by atoms with E-state index in [2.05, 4.69) is 5.32 Å². The number of ether oxygens (including phenoxy) is 1. The molecule has 4 amide bonds. The lowest BCUT2D eigenvalue weighted by molar-refractivity contribution is -0.146. The van der Waals surface area contributed by atoms with E-state index >= 15 is 0 Å². The van der Waals surface area contributed by atoms with E-state index in [1.807, 2.05) is 6.08 Å². The van der Waals surface area contributed by atoms with Crippen molar-refractivity contribution in [2.24, 2.45) is 11.8 Å². The number of hydrogen-bond donors (Lipinski definition) is 2. The number of allylic oxidation sites excluding steroid dienone is 2. The fraction of sp³-hybridized carbons (Fsp3) is 0.455. The third-order valence-corrected chi connectivity index (χ3v) is 6.24. The Morgan fingerprint density at radius 1 is 1.19 bits per heavy atom. The quantitative estimate of drug-likeness (QED) is 0.531. The number of nitrogens with one attached hydrogen (secondary N) is 1. The first-order chi connectivity index (χ1) is 14.9. The molecule has 2 fully saturated rings. The van der Waals surface area contributed by atoms with Crippen molar-refractivity contribution in [2.45, 2.75) is 38.3 Å². The Bertz CT molecular complexity index is 937. The Labute approximate surface area is 179 Å². The van der Waals surface area contributed by atoms with Crippen LogP contribution in [0.25, 0.3) is 0 Å². The van der Waals surface area contributed by atoms with Crippen molar-refractivity contribution < 1.29 is 29.0 Å². The van der Waals surface area contributed by atoms with E-state index in [9.17, 15) is 24.3 Å². The highest BCUT2D eigenvalue weighted by Crippen LogP contribution is 2.32. The molecule has 3 atom stereocenters. The van der Waals surface area contributed by atoms with Crippen molar-refractivity contribution in [3.8, 4) is 5.75 Å². The molecular weight excluding hydrogens is 402 g/mol. The summed E-state index contributed by atoms with van der Waals surface area (Å²) in [6, 6.07) is 4.29. The number of carbonyl (C=O) groups is 4. The number of carboxylic acids is 1. The van der Waals surface area contributed by atoms with Gasteiger partial charge in [-0.2, -0.15) is 0 Å². The average molecular weight is 427 g/mol. The molecule has 0 aromatic heterocycles. The number of aliphatic carboxylic acids is 1. The van der Waals surface area contributed by atoms with Crippen LogP contribution in [0.4, 0.5) is 10.5 Å². The van der Waals surface area contributed by atoms with Crippen LogP contribution in [0.3, 0.4) is 0 Å². The van der Waals surface area contributed by atoms with Gasteiger partial charge in [0, 0.05) is 17.8 Å². The Morgan fingerprint density at radius 3 is 2.61 bits per heavy atom. The van der Waals surface area contributed by atoms with E-state index in [0.717, 1.165) is 6.42 Å². The second-order valence-corrected chi connectivity index (χ2v) is 8.07. The second-order valence-electron chi connectivity index (χ2n) is 8.07. The number of benzene rings is 1. The first kappa shape index (κ1) is 20.9. The monoisotopic (exact) mass is 427 g/mol. The van der Waals surface area contributed by atoms with Crippen LogP contribution >= 0.6 is 0 Å². The minimum atomic E-state index is -0.994. The van der Waals surface area contributed by atoms with Gasteiger partial charge in [0.1, 0.15) is 11.8 Å². The van der Waals surface area contributed by atoms with E-state index in [1.54, 1.807) is 29.2 Å². The number of carboxylic acid groups (broad SMARTS) is 1. The number of imide groups is 1. The van der Waals surface area contributed by atoms with Gasteiger partial charge in [-0.15, -0.1) is 0 Å². The van der Waals surface area contributed by atoms with Crippen molar-refractivity contribution in [2.75, 3.05) is 19.0 Å². The maximum atomic E-state index is 12.8. The second kappa shape index (κ2) is 8.41. The van der Waals surface area contributed by atoms with Crippen LogP contribution in [0.15, 0.2) is 30.4 Å². The Hall–Kier alpha value is -3.36. The van der Waals surface area contributed by atoms with Gasteiger partial charge in [-0.25, -0.2) is 4.79 Å². The van der Waals surface area contributed by atoms with Gasteiger partial charge in [-0.05, 0) is 43.9 Å². The van der Waals surface area contributed by atoms with Crippen molar-refractivity contribution in [1.82, 2.24) is 9.80 Å². The normalized spacial score (nSPS) is 25.0. The molecule has 2 aliphatic heterocycles. The zero-order chi connectivity index (χ0) is 22.1. The van der Waals surface area contributed by atoms with Gasteiger partial charge < -0.3 is 20.1 Å². The number of carbonyl (C=O) groups excluding carboxylic acids is 3. The van der Waals surface area contributed by atoms with Gasteiger partial charge in [0.25, 0.3) is 5.91 Å². The first-order valence-corrected chi connectivity index (χ1v) is 10.4. The molecular formula is C22H25N3O6. The third kappa shape index (κ3) is 3.87. The van der Waals surface area contributed by atoms with Crippen LogP contribution < -0.4 is 10.1 Å². The molecule has 3 unspecified atom stereocenters. The lowest BCUT2D eigenvalue weighted by Crippen LogP contribution is -2.35. The molecule has 0 saturated carbocycles. The Balaban J connectivity index is 1.52. The van der Waals surface area contributed by atoms with Crippen LogP contribution in [0.5, 0.6) is 5.75 Å². The maximum absolute atomic E-state index is 12.8. The number of fused-ring (bicyclic) bond motifs is 1. The molecule has 0 spiro atoms. The van der Waals surface area contributed by atoms with Gasteiger partial charge in [0.15, 0.2) is 0 Å². The van der Waals surface area contributed by atoms with Crippen LogP contribution in [-0.4, -0.2) is 58.4 Å². The summed E-state index contributed by atoms with van der Waals surface area (Å²) in [5.74, 6) is -2.52. The fourth-order valence-corrected chi connectivity index (χ4v) is 4.59. The molecule has 31 heavy (non-hydrogen) atoms. The van der Waals surface area contributed by atoms with Crippen molar-refractivity contribution in [3.63, 3.8) is 0 Å². The highest BCUT2D eigenvalue weighted by molar-refractivity contribution is 6.04. The molecule has 2 N–H and O–H groups in total. The summed E-state index contributed by atoms with van der Waals surface area (Å²) in [4.78, 5) is 52.4. The predicted molar refractivity (Wildman–Crippen MR) is 110 cm³/mol. The van der Waals surface area contributed by atoms with Crippen molar-refractivity contribution >= 4 is 29.5 Å². The molecule has 1 aromatic carbocycles. The largest absolute Gasteiger partial charge is 0.496 e. The number of methoxy groups -OCH3 is 1. The van der Waals surface area contributed by atoms with Gasteiger partial charge >= 0.3 is 12.0 Å². The van der Waals surface area contributed by atoms with E-state index in [4.69, 9.17) is 4.74 Å². The van der Waals surface area contributed by atoms with Crippen LogP contribution in [0, 0.1) is 11.8 Å². The van der Waals surface area contributed by atoms with Crippen LogP contribution in [0.2, 0.25) is 0 Å². The molecule has 9 nitrogen and oxygen atoms in total. The van der Waals surface area contributed by atoms with Gasteiger partial charge in [0.2, 0.25) is 5.91 Å². The Kier molecular flexibility index (Phi) is 5.67. The maximum Gasteiger partial charge on any atom is 0.327 e. The molecule has 0 radical (unpaired) electrons. The van der Waals surface area contributed by atoms with Crippen molar-refractivity contribution in [3.05, 3.63) is 35.9 Å². The van der Waals surface area contributed by atoms with Crippen LogP contribution in [0.1, 0.15) is 31.2 Å². The molecule has 1 aliphatic carbocycles. The van der Waals surface area contributed by atoms with E-state index in [-0.39, 0.29) is 30.4 Å². The topological polar surface area (TPSA) is 116 Å². The summed E-state index contributed by atoms with van der Waals surface area (Å²) >= 11 is 0. The van der Waals surface area contributed by atoms with E-state index < -0.39 is 17.8 Å². The molecule has 4 rings (SSSR count). The molecule has 9 heteroatoms. The molecule has 164 valence electrons. The lowest BCUT2D eigenvalue weighted by Gasteiger charge is -2.24. The zero-order valence-corrected chi connectivity index (χ0v) is 17.2. The number of urea groups is 1. The molecule has 0 bridgehead atoms. The summed E-state index contributed by atoms with van der Waals surface area (Å²) in [5.41, 5.74) is 1.04. The van der Waals surface area contributed by atoms with E-state index in [0.29, 0.717) is 42.8 Å². The SMILES string of the molecule is COc1ccc(NC(=O)C2CC=CCC2C(=O)O)cc1CN1C(=O)C2CCCN2C1=O. The Morgan fingerprint density at radius 2 is 1.94 bits per heavy atom. The zero-order valence-electron chi connectivity index (χ0n) is 17.2. The standard InChI is InChI=1S/C22H25N3O6/c1-31-18-9-8-14(23-19(26)15-5-2-3-6-16(15)21(28)29)11-13(18)12-25-20(27)17-7-4-10-24(17)22(25)30/h2-3,8-9,11,15-17H,4-7,10,12H2,1H3,(H,23,26)(H,28,29). The number of amides is 4. The highest BCUT2D eigenvalue weighted by atomic mass is 16.5.